The van der Waals surface area contributed by atoms with Crippen LogP contribution in [0.15, 0.2) is 35.2 Å². The van der Waals surface area contributed by atoms with Crippen LogP contribution in [0.3, 0.4) is 0 Å². The molecule has 2 heterocycles. The lowest BCUT2D eigenvalue weighted by Crippen LogP contribution is -2.44. The van der Waals surface area contributed by atoms with E-state index in [0.717, 1.165) is 37.4 Å². The smallest absolute Gasteiger partial charge is 0.240 e. The molecule has 24 heavy (non-hydrogen) atoms. The molecule has 7 nitrogen and oxygen atoms in total. The minimum atomic E-state index is -3.56. The topological polar surface area (TPSA) is 102 Å². The van der Waals surface area contributed by atoms with Crippen LogP contribution in [0.5, 0.6) is 0 Å². The van der Waals surface area contributed by atoms with Crippen LogP contribution in [0, 0.1) is 18.3 Å². The highest BCUT2D eigenvalue weighted by atomic mass is 32.2. The van der Waals surface area contributed by atoms with Crippen molar-refractivity contribution in [2.24, 2.45) is 0 Å². The Morgan fingerprint density at radius 1 is 1.29 bits per heavy atom. The van der Waals surface area contributed by atoms with E-state index in [9.17, 15) is 8.42 Å². The molecule has 0 spiro atoms. The molecule has 0 bridgehead atoms. The fraction of sp³-hybridized carbons (Fsp3) is 0.375. The number of aromatic nitrogens is 2. The fourth-order valence-electron chi connectivity index (χ4n) is 2.79. The number of anilines is 1. The molecule has 1 saturated heterocycles. The maximum Gasteiger partial charge on any atom is 0.240 e. The lowest BCUT2D eigenvalue weighted by Gasteiger charge is -2.32. The fourth-order valence-corrected chi connectivity index (χ4v) is 4.09. The van der Waals surface area contributed by atoms with E-state index in [1.165, 1.54) is 24.3 Å². The third kappa shape index (κ3) is 3.58. The summed E-state index contributed by atoms with van der Waals surface area (Å²) >= 11 is 0. The SMILES string of the molecule is Cc1cc(N2CCC(NS(=O)(=O)c3ccc(C#N)cc3)CC2)n[nH]1. The highest BCUT2D eigenvalue weighted by molar-refractivity contribution is 7.89. The van der Waals surface area contributed by atoms with Gasteiger partial charge in [0, 0.05) is 30.9 Å². The molecule has 1 fully saturated rings. The maximum absolute atomic E-state index is 12.4. The monoisotopic (exact) mass is 345 g/mol. The number of aromatic amines is 1. The lowest BCUT2D eigenvalue weighted by atomic mass is 10.1. The number of sulfonamides is 1. The Balaban J connectivity index is 1.61. The highest BCUT2D eigenvalue weighted by Gasteiger charge is 2.25. The average Bonchev–Trinajstić information content (AvgIpc) is 3.02. The first-order valence-corrected chi connectivity index (χ1v) is 9.26. The van der Waals surface area contributed by atoms with E-state index in [0.29, 0.717) is 5.56 Å². The molecular formula is C16H19N5O2S. The number of hydrogen-bond acceptors (Lipinski definition) is 5. The van der Waals surface area contributed by atoms with Crippen molar-refractivity contribution in [2.75, 3.05) is 18.0 Å². The van der Waals surface area contributed by atoms with Crippen molar-refractivity contribution in [1.29, 1.82) is 5.26 Å². The normalized spacial score (nSPS) is 16.1. The quantitative estimate of drug-likeness (QED) is 0.875. The molecule has 0 atom stereocenters. The molecule has 3 rings (SSSR count). The zero-order valence-corrected chi connectivity index (χ0v) is 14.2. The summed E-state index contributed by atoms with van der Waals surface area (Å²) < 4.78 is 27.6. The van der Waals surface area contributed by atoms with Crippen molar-refractivity contribution in [3.05, 3.63) is 41.6 Å². The highest BCUT2D eigenvalue weighted by Crippen LogP contribution is 2.20. The van der Waals surface area contributed by atoms with Gasteiger partial charge in [0.1, 0.15) is 0 Å². The van der Waals surface area contributed by atoms with Crippen LogP contribution in [0.2, 0.25) is 0 Å². The van der Waals surface area contributed by atoms with Gasteiger partial charge in [0.05, 0.1) is 16.5 Å². The van der Waals surface area contributed by atoms with Gasteiger partial charge in [-0.05, 0) is 44.0 Å². The van der Waals surface area contributed by atoms with Crippen molar-refractivity contribution in [1.82, 2.24) is 14.9 Å². The molecule has 1 aliphatic rings. The van der Waals surface area contributed by atoms with Crippen LogP contribution < -0.4 is 9.62 Å². The molecule has 1 aromatic carbocycles. The van der Waals surface area contributed by atoms with Crippen LogP contribution in [0.25, 0.3) is 0 Å². The maximum atomic E-state index is 12.4. The van der Waals surface area contributed by atoms with Crippen LogP contribution in [-0.2, 0) is 10.0 Å². The summed E-state index contributed by atoms with van der Waals surface area (Å²) in [4.78, 5) is 2.34. The van der Waals surface area contributed by atoms with E-state index in [1.807, 2.05) is 19.1 Å². The van der Waals surface area contributed by atoms with Gasteiger partial charge in [0.25, 0.3) is 0 Å². The zero-order chi connectivity index (χ0) is 17.2. The molecule has 0 aliphatic carbocycles. The van der Waals surface area contributed by atoms with E-state index in [-0.39, 0.29) is 10.9 Å². The summed E-state index contributed by atoms with van der Waals surface area (Å²) in [5.74, 6) is 0.904. The van der Waals surface area contributed by atoms with Crippen LogP contribution in [0.4, 0.5) is 5.82 Å². The van der Waals surface area contributed by atoms with E-state index >= 15 is 0 Å². The van der Waals surface area contributed by atoms with Crippen LogP contribution in [-0.4, -0.2) is 37.7 Å². The van der Waals surface area contributed by atoms with Crippen LogP contribution in [0.1, 0.15) is 24.1 Å². The Hall–Kier alpha value is -2.37. The number of hydrogen-bond donors (Lipinski definition) is 2. The van der Waals surface area contributed by atoms with Gasteiger partial charge in [-0.25, -0.2) is 13.1 Å². The number of nitrogens with zero attached hydrogens (tertiary/aromatic N) is 3. The summed E-state index contributed by atoms with van der Waals surface area (Å²) in [6.07, 6.45) is 1.45. The zero-order valence-electron chi connectivity index (χ0n) is 13.4. The first-order valence-electron chi connectivity index (χ1n) is 7.77. The van der Waals surface area contributed by atoms with Gasteiger partial charge >= 0.3 is 0 Å². The van der Waals surface area contributed by atoms with Crippen molar-refractivity contribution in [2.45, 2.75) is 30.7 Å². The molecule has 2 N–H and O–H groups in total. The van der Waals surface area contributed by atoms with Crippen molar-refractivity contribution < 1.29 is 8.42 Å². The molecule has 1 aromatic heterocycles. The minimum Gasteiger partial charge on any atom is -0.355 e. The van der Waals surface area contributed by atoms with Gasteiger partial charge in [-0.3, -0.25) is 5.10 Å². The van der Waals surface area contributed by atoms with E-state index < -0.39 is 10.0 Å². The van der Waals surface area contributed by atoms with Crippen molar-refractivity contribution in [3.63, 3.8) is 0 Å². The Bertz CT molecular complexity index is 843. The second kappa shape index (κ2) is 6.63. The summed E-state index contributed by atoms with van der Waals surface area (Å²) in [6.45, 7) is 3.46. The van der Waals surface area contributed by atoms with E-state index in [2.05, 4.69) is 19.8 Å². The molecule has 0 radical (unpaired) electrons. The van der Waals surface area contributed by atoms with Gasteiger partial charge in [-0.2, -0.15) is 10.4 Å². The van der Waals surface area contributed by atoms with E-state index in [1.54, 1.807) is 0 Å². The molecule has 0 amide bonds. The predicted octanol–water partition coefficient (Wildman–Crippen LogP) is 1.54. The number of H-pyrrole nitrogens is 1. The van der Waals surface area contributed by atoms with Crippen molar-refractivity contribution in [3.8, 4) is 6.07 Å². The van der Waals surface area contributed by atoms with Gasteiger partial charge in [0.2, 0.25) is 10.0 Å². The second-order valence-electron chi connectivity index (χ2n) is 5.93. The summed E-state index contributed by atoms with van der Waals surface area (Å²) in [5, 5.41) is 15.9. The summed E-state index contributed by atoms with van der Waals surface area (Å²) in [7, 11) is -3.56. The Morgan fingerprint density at radius 2 is 1.96 bits per heavy atom. The number of nitriles is 1. The largest absolute Gasteiger partial charge is 0.355 e. The Kier molecular flexibility index (Phi) is 4.55. The third-order valence-corrected chi connectivity index (χ3v) is 5.66. The second-order valence-corrected chi connectivity index (χ2v) is 7.64. The number of benzene rings is 1. The first-order chi connectivity index (χ1) is 11.5. The molecule has 0 saturated carbocycles. The summed E-state index contributed by atoms with van der Waals surface area (Å²) in [6, 6.07) is 9.82. The Morgan fingerprint density at radius 3 is 2.50 bits per heavy atom. The average molecular weight is 345 g/mol. The first kappa shape index (κ1) is 16.5. The molecule has 1 aliphatic heterocycles. The van der Waals surface area contributed by atoms with Gasteiger partial charge < -0.3 is 4.90 Å². The number of nitrogens with one attached hydrogen (secondary N) is 2. The van der Waals surface area contributed by atoms with Crippen LogP contribution >= 0.6 is 0 Å². The minimum absolute atomic E-state index is 0.0954. The predicted molar refractivity (Wildman–Crippen MR) is 90.0 cm³/mol. The number of aryl methyl sites for hydroxylation is 1. The molecule has 8 heteroatoms. The lowest BCUT2D eigenvalue weighted by molar-refractivity contribution is 0.458. The number of piperidine rings is 1. The number of rotatable bonds is 4. The molecule has 126 valence electrons. The standard InChI is InChI=1S/C16H19N5O2S/c1-12-10-16(19-18-12)21-8-6-14(7-9-21)20-24(22,23)15-4-2-13(11-17)3-5-15/h2-5,10,14,20H,6-9H2,1H3,(H,18,19). The molecule has 0 unspecified atom stereocenters. The third-order valence-electron chi connectivity index (χ3n) is 4.13. The van der Waals surface area contributed by atoms with Gasteiger partial charge in [-0.15, -0.1) is 0 Å². The van der Waals surface area contributed by atoms with E-state index in [4.69, 9.17) is 5.26 Å². The molecular weight excluding hydrogens is 326 g/mol. The van der Waals surface area contributed by atoms with Crippen molar-refractivity contribution >= 4 is 15.8 Å². The molecule has 2 aromatic rings. The van der Waals surface area contributed by atoms with Gasteiger partial charge in [-0.1, -0.05) is 0 Å². The van der Waals surface area contributed by atoms with Gasteiger partial charge in [0.15, 0.2) is 5.82 Å². The Labute approximate surface area is 141 Å². The summed E-state index contributed by atoms with van der Waals surface area (Å²) in [5.41, 5.74) is 1.45.